The molecule has 4 nitrogen and oxygen atoms in total. The van der Waals surface area contributed by atoms with E-state index in [2.05, 4.69) is 43.2 Å². The Hall–Kier alpha value is -0.680. The molecular formula is C14H25N3OS. The van der Waals surface area contributed by atoms with Crippen LogP contribution in [0.4, 0.5) is 5.13 Å². The zero-order valence-electron chi connectivity index (χ0n) is 12.3. The van der Waals surface area contributed by atoms with Gasteiger partial charge in [0.15, 0.2) is 0 Å². The molecule has 1 aromatic rings. The first-order valence-electron chi connectivity index (χ1n) is 7.25. The molecule has 2 rings (SSSR count). The number of hydrogen-bond acceptors (Lipinski definition) is 5. The van der Waals surface area contributed by atoms with Gasteiger partial charge >= 0.3 is 0 Å². The van der Waals surface area contributed by atoms with Gasteiger partial charge in [-0.25, -0.2) is 0 Å². The summed E-state index contributed by atoms with van der Waals surface area (Å²) in [7, 11) is 0. The molecule has 1 aliphatic heterocycles. The summed E-state index contributed by atoms with van der Waals surface area (Å²) in [5.41, 5.74) is 0. The SMILES string of the molecule is CC(C)Cc1nnc(NC2CCOC(C(C)C)C2)s1. The summed E-state index contributed by atoms with van der Waals surface area (Å²) < 4.78 is 5.79. The van der Waals surface area contributed by atoms with Gasteiger partial charge in [0.1, 0.15) is 5.01 Å². The number of rotatable bonds is 5. The molecule has 2 atom stereocenters. The molecule has 0 bridgehead atoms. The first-order chi connectivity index (χ1) is 9.04. The smallest absolute Gasteiger partial charge is 0.205 e. The van der Waals surface area contributed by atoms with Crippen LogP contribution in [0.5, 0.6) is 0 Å². The predicted octanol–water partition coefficient (Wildman–Crippen LogP) is 3.35. The third kappa shape index (κ3) is 4.42. The van der Waals surface area contributed by atoms with Gasteiger partial charge in [0, 0.05) is 19.1 Å². The quantitative estimate of drug-likeness (QED) is 0.900. The van der Waals surface area contributed by atoms with Crippen molar-refractivity contribution in [3.8, 4) is 0 Å². The van der Waals surface area contributed by atoms with Crippen LogP contribution in [0.2, 0.25) is 0 Å². The highest BCUT2D eigenvalue weighted by Gasteiger charge is 2.25. The fraction of sp³-hybridized carbons (Fsp3) is 0.857. The minimum absolute atomic E-state index is 0.370. The van der Waals surface area contributed by atoms with E-state index in [0.29, 0.717) is 24.0 Å². The topological polar surface area (TPSA) is 47.0 Å². The standard InChI is InChI=1S/C14H25N3OS/c1-9(2)7-13-16-17-14(19-13)15-11-5-6-18-12(8-11)10(3)4/h9-12H,5-8H2,1-4H3,(H,15,17). The minimum atomic E-state index is 0.370. The average molecular weight is 283 g/mol. The van der Waals surface area contributed by atoms with Gasteiger partial charge in [-0.3, -0.25) is 0 Å². The highest BCUT2D eigenvalue weighted by atomic mass is 32.1. The molecule has 2 unspecified atom stereocenters. The first-order valence-corrected chi connectivity index (χ1v) is 8.06. The maximum absolute atomic E-state index is 5.79. The number of anilines is 1. The third-order valence-electron chi connectivity index (χ3n) is 3.44. The molecule has 0 radical (unpaired) electrons. The fourth-order valence-corrected chi connectivity index (χ4v) is 3.37. The lowest BCUT2D eigenvalue weighted by Gasteiger charge is -2.32. The highest BCUT2D eigenvalue weighted by molar-refractivity contribution is 7.15. The molecule has 0 amide bonds. The van der Waals surface area contributed by atoms with Gasteiger partial charge in [-0.1, -0.05) is 39.0 Å². The fourth-order valence-electron chi connectivity index (χ4n) is 2.34. The number of aromatic nitrogens is 2. The highest BCUT2D eigenvalue weighted by Crippen LogP contribution is 2.25. The molecule has 2 heterocycles. The van der Waals surface area contributed by atoms with Crippen LogP contribution in [0.15, 0.2) is 0 Å². The van der Waals surface area contributed by atoms with Crippen LogP contribution >= 0.6 is 11.3 Å². The largest absolute Gasteiger partial charge is 0.378 e. The van der Waals surface area contributed by atoms with Crippen molar-refractivity contribution in [2.75, 3.05) is 11.9 Å². The molecule has 5 heteroatoms. The van der Waals surface area contributed by atoms with Gasteiger partial charge in [0.2, 0.25) is 5.13 Å². The Labute approximate surface area is 120 Å². The number of nitrogens with one attached hydrogen (secondary N) is 1. The van der Waals surface area contributed by atoms with Crippen LogP contribution in [-0.2, 0) is 11.2 Å². The van der Waals surface area contributed by atoms with Gasteiger partial charge in [-0.2, -0.15) is 0 Å². The Balaban J connectivity index is 1.88. The molecule has 1 fully saturated rings. The van der Waals surface area contributed by atoms with E-state index in [-0.39, 0.29) is 0 Å². The number of nitrogens with zero attached hydrogens (tertiary/aromatic N) is 2. The van der Waals surface area contributed by atoms with Crippen molar-refractivity contribution in [1.82, 2.24) is 10.2 Å². The molecule has 0 aromatic carbocycles. The van der Waals surface area contributed by atoms with E-state index >= 15 is 0 Å². The normalized spacial score (nSPS) is 24.1. The lowest BCUT2D eigenvalue weighted by Crippen LogP contribution is -2.36. The van der Waals surface area contributed by atoms with E-state index in [1.54, 1.807) is 11.3 Å². The van der Waals surface area contributed by atoms with Crippen molar-refractivity contribution < 1.29 is 4.74 Å². The summed E-state index contributed by atoms with van der Waals surface area (Å²) in [6, 6.07) is 0.473. The molecule has 19 heavy (non-hydrogen) atoms. The van der Waals surface area contributed by atoms with Gasteiger partial charge < -0.3 is 10.1 Å². The molecule has 0 spiro atoms. The first kappa shape index (κ1) is 14.7. The zero-order valence-corrected chi connectivity index (χ0v) is 13.2. The van der Waals surface area contributed by atoms with Crippen molar-refractivity contribution in [2.24, 2.45) is 11.8 Å². The summed E-state index contributed by atoms with van der Waals surface area (Å²) in [4.78, 5) is 0. The van der Waals surface area contributed by atoms with Gasteiger partial charge in [0.05, 0.1) is 6.10 Å². The second-order valence-corrected chi connectivity index (χ2v) is 7.18. The third-order valence-corrected chi connectivity index (χ3v) is 4.31. The Kier molecular flexibility index (Phi) is 5.16. The van der Waals surface area contributed by atoms with Crippen LogP contribution in [0.1, 0.15) is 45.5 Å². The van der Waals surface area contributed by atoms with Gasteiger partial charge in [0.25, 0.3) is 0 Å². The van der Waals surface area contributed by atoms with Crippen LogP contribution < -0.4 is 5.32 Å². The van der Waals surface area contributed by atoms with Crippen molar-refractivity contribution in [2.45, 2.75) is 59.1 Å². The van der Waals surface area contributed by atoms with E-state index in [9.17, 15) is 0 Å². The Morgan fingerprint density at radius 3 is 2.79 bits per heavy atom. The maximum Gasteiger partial charge on any atom is 0.205 e. The molecule has 0 saturated carbocycles. The Bertz CT molecular complexity index is 392. The Morgan fingerprint density at radius 1 is 1.32 bits per heavy atom. The molecule has 1 aromatic heterocycles. The van der Waals surface area contributed by atoms with Crippen LogP contribution in [0.3, 0.4) is 0 Å². The van der Waals surface area contributed by atoms with Gasteiger partial charge in [-0.15, -0.1) is 10.2 Å². The second kappa shape index (κ2) is 6.66. The van der Waals surface area contributed by atoms with Crippen LogP contribution in [0, 0.1) is 11.8 Å². The predicted molar refractivity (Wildman–Crippen MR) is 79.7 cm³/mol. The van der Waals surface area contributed by atoms with E-state index in [0.717, 1.165) is 36.0 Å². The van der Waals surface area contributed by atoms with E-state index in [1.165, 1.54) is 0 Å². The molecular weight excluding hydrogens is 258 g/mol. The van der Waals surface area contributed by atoms with Crippen molar-refractivity contribution in [3.63, 3.8) is 0 Å². The summed E-state index contributed by atoms with van der Waals surface area (Å²) in [5, 5.41) is 14.1. The van der Waals surface area contributed by atoms with Gasteiger partial charge in [-0.05, 0) is 24.7 Å². The lowest BCUT2D eigenvalue weighted by molar-refractivity contribution is -0.0160. The van der Waals surface area contributed by atoms with Crippen molar-refractivity contribution in [1.29, 1.82) is 0 Å². The summed E-state index contributed by atoms with van der Waals surface area (Å²) in [5.74, 6) is 1.21. The molecule has 1 saturated heterocycles. The van der Waals surface area contributed by atoms with E-state index < -0.39 is 0 Å². The monoisotopic (exact) mass is 283 g/mol. The Morgan fingerprint density at radius 2 is 2.11 bits per heavy atom. The molecule has 1 N–H and O–H groups in total. The zero-order chi connectivity index (χ0) is 13.8. The number of ether oxygens (including phenoxy) is 1. The lowest BCUT2D eigenvalue weighted by atomic mass is 9.95. The summed E-state index contributed by atoms with van der Waals surface area (Å²) in [6.07, 6.45) is 3.51. The van der Waals surface area contributed by atoms with E-state index in [4.69, 9.17) is 4.74 Å². The summed E-state index contributed by atoms with van der Waals surface area (Å²) in [6.45, 7) is 9.70. The van der Waals surface area contributed by atoms with Crippen molar-refractivity contribution >= 4 is 16.5 Å². The van der Waals surface area contributed by atoms with Crippen LogP contribution in [-0.4, -0.2) is 29.0 Å². The van der Waals surface area contributed by atoms with E-state index in [1.807, 2.05) is 0 Å². The molecule has 108 valence electrons. The average Bonchev–Trinajstić information content (AvgIpc) is 2.76. The second-order valence-electron chi connectivity index (χ2n) is 6.12. The summed E-state index contributed by atoms with van der Waals surface area (Å²) >= 11 is 1.69. The molecule has 1 aliphatic rings. The van der Waals surface area contributed by atoms with Crippen molar-refractivity contribution in [3.05, 3.63) is 5.01 Å². The molecule has 0 aliphatic carbocycles. The van der Waals surface area contributed by atoms with Crippen LogP contribution in [0.25, 0.3) is 0 Å². The minimum Gasteiger partial charge on any atom is -0.378 e. The number of hydrogen-bond donors (Lipinski definition) is 1. The maximum atomic E-state index is 5.79.